The Morgan fingerprint density at radius 3 is 2.81 bits per heavy atom. The van der Waals surface area contributed by atoms with E-state index in [1.807, 2.05) is 11.4 Å². The minimum atomic E-state index is 0.192. The van der Waals surface area contributed by atoms with Crippen LogP contribution in [0.25, 0.3) is 0 Å². The first-order valence-corrected chi connectivity index (χ1v) is 7.32. The van der Waals surface area contributed by atoms with Crippen molar-refractivity contribution in [1.82, 2.24) is 0 Å². The maximum absolute atomic E-state index is 5.70. The fourth-order valence-electron chi connectivity index (χ4n) is 2.89. The summed E-state index contributed by atoms with van der Waals surface area (Å²) >= 11 is 3.44. The molecule has 0 aromatic rings. The summed E-state index contributed by atoms with van der Waals surface area (Å²) in [5, 5.41) is 0. The fourth-order valence-corrected chi connectivity index (χ4v) is 3.43. The van der Waals surface area contributed by atoms with Gasteiger partial charge in [0.05, 0.1) is 0 Å². The SMILES string of the molecule is CCCCC[N+]1=COC(=CBr)C12CCCC2. The first-order chi connectivity index (χ1) is 7.83. The van der Waals surface area contributed by atoms with Gasteiger partial charge in [-0.25, -0.2) is 0 Å². The normalized spacial score (nSPS) is 25.1. The molecule has 1 aliphatic heterocycles. The van der Waals surface area contributed by atoms with Crippen molar-refractivity contribution in [3.8, 4) is 0 Å². The van der Waals surface area contributed by atoms with Gasteiger partial charge in [0.2, 0.25) is 5.54 Å². The average molecular weight is 287 g/mol. The monoisotopic (exact) mass is 286 g/mol. The van der Waals surface area contributed by atoms with Crippen LogP contribution in [0.4, 0.5) is 0 Å². The Morgan fingerprint density at radius 1 is 1.44 bits per heavy atom. The molecule has 0 saturated heterocycles. The van der Waals surface area contributed by atoms with E-state index < -0.39 is 0 Å². The molecule has 1 aliphatic carbocycles. The second-order valence-corrected chi connectivity index (χ2v) is 5.29. The molecule has 1 heterocycles. The number of rotatable bonds is 4. The number of nitrogens with zero attached hydrogens (tertiary/aromatic N) is 1. The molecule has 1 saturated carbocycles. The van der Waals surface area contributed by atoms with Gasteiger partial charge in [-0.2, -0.15) is 4.58 Å². The summed E-state index contributed by atoms with van der Waals surface area (Å²) in [6.07, 6.45) is 10.9. The van der Waals surface area contributed by atoms with Crippen molar-refractivity contribution in [3.05, 3.63) is 10.7 Å². The number of hydrogen-bond acceptors (Lipinski definition) is 1. The summed E-state index contributed by atoms with van der Waals surface area (Å²) in [5.74, 6) is 1.11. The zero-order valence-electron chi connectivity index (χ0n) is 10.0. The summed E-state index contributed by atoms with van der Waals surface area (Å²) < 4.78 is 8.13. The Kier molecular flexibility index (Phi) is 4.06. The van der Waals surface area contributed by atoms with E-state index in [2.05, 4.69) is 27.4 Å². The Hall–Kier alpha value is -0.310. The molecule has 90 valence electrons. The maximum Gasteiger partial charge on any atom is 0.330 e. The van der Waals surface area contributed by atoms with E-state index in [0.29, 0.717) is 0 Å². The molecule has 3 heteroatoms. The minimum absolute atomic E-state index is 0.192. The van der Waals surface area contributed by atoms with Crippen molar-refractivity contribution < 1.29 is 9.31 Å². The summed E-state index contributed by atoms with van der Waals surface area (Å²) in [7, 11) is 0. The minimum Gasteiger partial charge on any atom is -0.408 e. The van der Waals surface area contributed by atoms with Crippen molar-refractivity contribution >= 4 is 22.3 Å². The van der Waals surface area contributed by atoms with Crippen LogP contribution in [-0.2, 0) is 4.74 Å². The molecule has 0 bridgehead atoms. The van der Waals surface area contributed by atoms with Crippen LogP contribution in [0.15, 0.2) is 10.7 Å². The zero-order chi connectivity index (χ0) is 11.4. The highest BCUT2D eigenvalue weighted by Crippen LogP contribution is 2.42. The summed E-state index contributed by atoms with van der Waals surface area (Å²) in [5.41, 5.74) is 0.192. The van der Waals surface area contributed by atoms with E-state index in [1.165, 1.54) is 44.9 Å². The Morgan fingerprint density at radius 2 is 2.19 bits per heavy atom. The van der Waals surface area contributed by atoms with Crippen molar-refractivity contribution in [2.75, 3.05) is 6.54 Å². The maximum atomic E-state index is 5.70. The van der Waals surface area contributed by atoms with E-state index in [0.717, 1.165) is 12.3 Å². The largest absolute Gasteiger partial charge is 0.408 e. The highest BCUT2D eigenvalue weighted by molar-refractivity contribution is 9.11. The van der Waals surface area contributed by atoms with E-state index in [1.54, 1.807) is 0 Å². The standard InChI is InChI=1S/C13H21BrNO/c1-2-3-6-9-15-11-16-12(10-14)13(15)7-4-5-8-13/h10-11H,2-9H2,1H3/q+1. The quantitative estimate of drug-likeness (QED) is 0.566. The molecule has 16 heavy (non-hydrogen) atoms. The van der Waals surface area contributed by atoms with E-state index in [9.17, 15) is 0 Å². The van der Waals surface area contributed by atoms with Crippen LogP contribution in [-0.4, -0.2) is 23.1 Å². The third-order valence-corrected chi connectivity index (χ3v) is 4.26. The second-order valence-electron chi connectivity index (χ2n) is 4.84. The molecule has 2 rings (SSSR count). The summed E-state index contributed by atoms with van der Waals surface area (Å²) in [6, 6.07) is 0. The first-order valence-electron chi connectivity index (χ1n) is 6.41. The predicted molar refractivity (Wildman–Crippen MR) is 70.0 cm³/mol. The van der Waals surface area contributed by atoms with Gasteiger partial charge in [-0.15, -0.1) is 0 Å². The van der Waals surface area contributed by atoms with Crippen molar-refractivity contribution in [2.45, 2.75) is 57.4 Å². The molecule has 2 aliphatic rings. The molecule has 0 N–H and O–H groups in total. The van der Waals surface area contributed by atoms with Crippen molar-refractivity contribution in [2.24, 2.45) is 0 Å². The molecule has 0 aromatic carbocycles. The van der Waals surface area contributed by atoms with Gasteiger partial charge in [0.1, 0.15) is 6.54 Å². The number of hydrogen-bond donors (Lipinski definition) is 0. The van der Waals surface area contributed by atoms with Crippen LogP contribution in [0, 0.1) is 0 Å². The molecule has 0 amide bonds. The van der Waals surface area contributed by atoms with Crippen LogP contribution in [0.1, 0.15) is 51.9 Å². The lowest BCUT2D eigenvalue weighted by Crippen LogP contribution is -2.38. The first kappa shape index (κ1) is 12.2. The lowest BCUT2D eigenvalue weighted by molar-refractivity contribution is -0.587. The molecule has 0 unspecified atom stereocenters. The van der Waals surface area contributed by atoms with E-state index in [4.69, 9.17) is 4.74 Å². The Bertz CT molecular complexity index is 303. The highest BCUT2D eigenvalue weighted by atomic mass is 79.9. The molecule has 0 aromatic heterocycles. The molecular formula is C13H21BrNO+. The van der Waals surface area contributed by atoms with Crippen molar-refractivity contribution in [1.29, 1.82) is 0 Å². The molecule has 1 spiro atoms. The van der Waals surface area contributed by atoms with Crippen LogP contribution in [0.2, 0.25) is 0 Å². The number of ether oxygens (including phenoxy) is 1. The van der Waals surface area contributed by atoms with Gasteiger partial charge in [-0.05, 0) is 19.3 Å². The Balaban J connectivity index is 2.06. The predicted octanol–water partition coefficient (Wildman–Crippen LogP) is 3.80. The Labute approximate surface area is 107 Å². The zero-order valence-corrected chi connectivity index (χ0v) is 11.6. The number of halogens is 1. The third-order valence-electron chi connectivity index (χ3n) is 3.85. The topological polar surface area (TPSA) is 12.2 Å². The lowest BCUT2D eigenvalue weighted by Gasteiger charge is -2.20. The fraction of sp³-hybridized carbons (Fsp3) is 0.769. The van der Waals surface area contributed by atoms with Gasteiger partial charge in [-0.1, -0.05) is 29.3 Å². The van der Waals surface area contributed by atoms with Gasteiger partial charge in [-0.3, -0.25) is 0 Å². The summed E-state index contributed by atoms with van der Waals surface area (Å²) in [4.78, 5) is 1.97. The average Bonchev–Trinajstić information content (AvgIpc) is 2.90. The van der Waals surface area contributed by atoms with Crippen LogP contribution >= 0.6 is 15.9 Å². The summed E-state index contributed by atoms with van der Waals surface area (Å²) in [6.45, 7) is 3.39. The molecule has 2 nitrogen and oxygen atoms in total. The number of unbranched alkanes of at least 4 members (excludes halogenated alkanes) is 2. The highest BCUT2D eigenvalue weighted by Gasteiger charge is 2.52. The van der Waals surface area contributed by atoms with E-state index >= 15 is 0 Å². The van der Waals surface area contributed by atoms with Crippen LogP contribution < -0.4 is 0 Å². The van der Waals surface area contributed by atoms with Gasteiger partial charge < -0.3 is 4.74 Å². The molecular weight excluding hydrogens is 266 g/mol. The van der Waals surface area contributed by atoms with Gasteiger partial charge in [0.25, 0.3) is 0 Å². The van der Waals surface area contributed by atoms with E-state index in [-0.39, 0.29) is 5.54 Å². The van der Waals surface area contributed by atoms with Crippen LogP contribution in [0.3, 0.4) is 0 Å². The third kappa shape index (κ3) is 2.06. The molecule has 0 radical (unpaired) electrons. The van der Waals surface area contributed by atoms with Crippen LogP contribution in [0.5, 0.6) is 0 Å². The van der Waals surface area contributed by atoms with Gasteiger partial charge in [0.15, 0.2) is 5.76 Å². The van der Waals surface area contributed by atoms with Crippen molar-refractivity contribution in [3.63, 3.8) is 0 Å². The molecule has 1 fully saturated rings. The molecule has 0 atom stereocenters. The lowest BCUT2D eigenvalue weighted by atomic mass is 9.95. The second kappa shape index (κ2) is 5.35. The van der Waals surface area contributed by atoms with Gasteiger partial charge >= 0.3 is 6.40 Å². The smallest absolute Gasteiger partial charge is 0.330 e. The van der Waals surface area contributed by atoms with Gasteiger partial charge in [0, 0.05) is 24.2 Å².